The van der Waals surface area contributed by atoms with E-state index >= 15 is 0 Å². The number of thiophene rings is 6. The van der Waals surface area contributed by atoms with E-state index in [0.717, 1.165) is 0 Å². The van der Waals surface area contributed by atoms with Crippen LogP contribution in [0.15, 0.2) is 95.7 Å². The molecule has 10 heteroatoms. The molecule has 0 radical (unpaired) electrons. The van der Waals surface area contributed by atoms with E-state index in [1.807, 2.05) is 68.0 Å². The molecule has 0 aliphatic carbocycles. The number of benzene rings is 3. The highest BCUT2D eigenvalue weighted by Gasteiger charge is 2.28. The second-order valence-corrected chi connectivity index (χ2v) is 47.7. The van der Waals surface area contributed by atoms with Crippen LogP contribution >= 0.6 is 68.0 Å². The molecule has 0 unspecified atom stereocenters. The van der Waals surface area contributed by atoms with Gasteiger partial charge in [-0.25, -0.2) is 0 Å². The Morgan fingerprint density at radius 3 is 0.879 bits per heavy atom. The Balaban J connectivity index is 1.59. The molecule has 0 nitrogen and oxygen atoms in total. The van der Waals surface area contributed by atoms with Gasteiger partial charge in [-0.05, 0) is 122 Å². The fourth-order valence-electron chi connectivity index (χ4n) is 7.91. The summed E-state index contributed by atoms with van der Waals surface area (Å²) in [6.45, 7) is 29.9. The Morgan fingerprint density at radius 1 is 0.345 bits per heavy atom. The first-order chi connectivity index (χ1) is 27.3. The van der Waals surface area contributed by atoms with Gasteiger partial charge in [0.15, 0.2) is 0 Å². The lowest BCUT2D eigenvalue weighted by molar-refractivity contribution is 1.65. The van der Waals surface area contributed by atoms with E-state index in [-0.39, 0.29) is 0 Å². The topological polar surface area (TPSA) is 0 Å². The van der Waals surface area contributed by atoms with Crippen molar-refractivity contribution in [3.8, 4) is 0 Å². The zero-order valence-corrected chi connectivity index (χ0v) is 44.6. The highest BCUT2D eigenvalue weighted by atomic mass is 32.1. The fraction of sp³-hybridized carbons (Fsp3) is 0.250. The first kappa shape index (κ1) is 40.9. The van der Waals surface area contributed by atoms with E-state index in [9.17, 15) is 0 Å². The maximum absolute atomic E-state index is 2.56. The standard InChI is InChI=1S/C48H52S6Si4/c1-55(2,3)41-17-13-35(51-41)47(36-14-18-42(52-36)56(4,5)6)45-31-25-29-21-23-50-40(29)28-34(31)46(32-26-30-22-24-49-39(30)27-33(32)45)48(37-15-19-43(53-37)57(7,8)9)38-16-20-44(54-38)58(10,11)12/h13-28H,1-12H3. The minimum atomic E-state index is -1.55. The lowest BCUT2D eigenvalue weighted by Gasteiger charge is -2.17. The molecule has 0 saturated carbocycles. The highest BCUT2D eigenvalue weighted by molar-refractivity contribution is 7.30. The van der Waals surface area contributed by atoms with Crippen molar-refractivity contribution in [1.29, 1.82) is 0 Å². The van der Waals surface area contributed by atoms with Gasteiger partial charge in [-0.15, -0.1) is 68.0 Å². The average Bonchev–Trinajstić information content (AvgIpc) is 3.98. The summed E-state index contributed by atoms with van der Waals surface area (Å²) in [4.78, 5) is 5.59. The van der Waals surface area contributed by atoms with Crippen molar-refractivity contribution in [2.45, 2.75) is 78.6 Å². The van der Waals surface area contributed by atoms with Crippen LogP contribution in [-0.2, 0) is 0 Å². The Kier molecular flexibility index (Phi) is 10.3. The van der Waals surface area contributed by atoms with E-state index in [0.29, 0.717) is 0 Å². The van der Waals surface area contributed by atoms with Crippen molar-refractivity contribution in [2.75, 3.05) is 0 Å². The van der Waals surface area contributed by atoms with Gasteiger partial charge in [0.25, 0.3) is 0 Å². The van der Waals surface area contributed by atoms with Gasteiger partial charge in [0.1, 0.15) is 0 Å². The average molecular weight is 934 g/mol. The molecule has 58 heavy (non-hydrogen) atoms. The third kappa shape index (κ3) is 7.37. The third-order valence-electron chi connectivity index (χ3n) is 11.1. The van der Waals surface area contributed by atoms with Gasteiger partial charge in [-0.1, -0.05) is 103 Å². The van der Waals surface area contributed by atoms with Crippen molar-refractivity contribution < 1.29 is 0 Å². The van der Waals surface area contributed by atoms with Gasteiger partial charge >= 0.3 is 0 Å². The SMILES string of the molecule is C[Si](C)(C)c1ccc(C(c2ccc([Si](C)(C)C)s2)=c2c3cc4ccsc4cc3c(=C(c3ccc([Si](C)(C)C)s3)c3ccc([Si](C)(C)C)s3)c3cc4ccsc4cc23)s1. The van der Waals surface area contributed by atoms with Crippen LogP contribution in [0.5, 0.6) is 0 Å². The largest absolute Gasteiger partial charge is 0.145 e. The van der Waals surface area contributed by atoms with Crippen LogP contribution in [0.2, 0.25) is 78.6 Å². The van der Waals surface area contributed by atoms with Crippen molar-refractivity contribution in [2.24, 2.45) is 0 Å². The summed E-state index contributed by atoms with van der Waals surface area (Å²) in [7, 11) is -6.18. The van der Waals surface area contributed by atoms with Gasteiger partial charge in [-0.2, -0.15) is 0 Å². The normalized spacial score (nSPS) is 13.2. The molecule has 6 heterocycles. The first-order valence-corrected chi connectivity index (χ1v) is 39.2. The zero-order chi connectivity index (χ0) is 41.1. The van der Waals surface area contributed by atoms with Crippen LogP contribution in [0.1, 0.15) is 19.5 Å². The van der Waals surface area contributed by atoms with Crippen LogP contribution in [0.4, 0.5) is 0 Å². The maximum atomic E-state index is 2.56. The van der Waals surface area contributed by atoms with Crippen molar-refractivity contribution in [3.63, 3.8) is 0 Å². The van der Waals surface area contributed by atoms with E-state index in [1.54, 1.807) is 18.0 Å². The van der Waals surface area contributed by atoms with Gasteiger partial charge in [-0.3, -0.25) is 0 Å². The molecular weight excluding hydrogens is 881 g/mol. The predicted octanol–water partition coefficient (Wildman–Crippen LogP) is 13.3. The van der Waals surface area contributed by atoms with E-state index < -0.39 is 32.3 Å². The Labute approximate surface area is 371 Å². The second-order valence-electron chi connectivity index (χ2n) is 19.9. The molecule has 0 fully saturated rings. The van der Waals surface area contributed by atoms with Gasteiger partial charge in [0, 0.05) is 50.5 Å². The molecule has 0 bridgehead atoms. The summed E-state index contributed by atoms with van der Waals surface area (Å²) in [6, 6.07) is 34.6. The van der Waals surface area contributed by atoms with E-state index in [1.165, 1.54) is 82.8 Å². The molecule has 0 amide bonds. The molecule has 0 aliphatic rings. The van der Waals surface area contributed by atoms with E-state index in [4.69, 9.17) is 0 Å². The van der Waals surface area contributed by atoms with Crippen LogP contribution in [-0.4, -0.2) is 32.3 Å². The van der Waals surface area contributed by atoms with Gasteiger partial charge in [0.2, 0.25) is 0 Å². The van der Waals surface area contributed by atoms with Crippen LogP contribution in [0, 0.1) is 0 Å². The quantitative estimate of drug-likeness (QED) is 0.105. The monoisotopic (exact) mass is 932 g/mol. The summed E-state index contributed by atoms with van der Waals surface area (Å²) in [5.74, 6) is 0. The summed E-state index contributed by atoms with van der Waals surface area (Å²) in [5.41, 5.74) is 2.82. The molecule has 3 aromatic carbocycles. The molecule has 0 saturated heterocycles. The minimum absolute atomic E-state index is 1.33. The number of hydrogen-bond acceptors (Lipinski definition) is 6. The summed E-state index contributed by atoms with van der Waals surface area (Å²) < 4.78 is 8.97. The number of fused-ring (bicyclic) bond motifs is 4. The summed E-state index contributed by atoms with van der Waals surface area (Å²) in [5, 5.41) is 15.5. The first-order valence-electron chi connectivity index (χ1n) is 20.2. The molecule has 0 atom stereocenters. The molecule has 296 valence electrons. The van der Waals surface area contributed by atoms with Crippen LogP contribution in [0.25, 0.3) is 52.9 Å². The van der Waals surface area contributed by atoms with Crippen molar-refractivity contribution >= 4 is 171 Å². The maximum Gasteiger partial charge on any atom is 0.0904 e. The lowest BCUT2D eigenvalue weighted by Crippen LogP contribution is -2.34. The summed E-state index contributed by atoms with van der Waals surface area (Å²) in [6.07, 6.45) is 0. The summed E-state index contributed by atoms with van der Waals surface area (Å²) >= 11 is 11.9. The number of rotatable bonds is 8. The molecule has 9 aromatic rings. The van der Waals surface area contributed by atoms with Gasteiger partial charge in [0.05, 0.1) is 32.3 Å². The predicted molar refractivity (Wildman–Crippen MR) is 284 cm³/mol. The van der Waals surface area contributed by atoms with Gasteiger partial charge < -0.3 is 0 Å². The third-order valence-corrected chi connectivity index (χ3v) is 31.7. The fourth-order valence-corrected chi connectivity index (χ4v) is 21.5. The molecular formula is C48H52S6Si4. The Bertz CT molecular complexity index is 2750. The molecule has 0 spiro atoms. The van der Waals surface area contributed by atoms with E-state index in [2.05, 4.69) is 174 Å². The van der Waals surface area contributed by atoms with Crippen molar-refractivity contribution in [1.82, 2.24) is 0 Å². The molecule has 6 aromatic heterocycles. The smallest absolute Gasteiger partial charge is 0.0904 e. The molecule has 9 rings (SSSR count). The zero-order valence-electron chi connectivity index (χ0n) is 35.7. The minimum Gasteiger partial charge on any atom is -0.145 e. The van der Waals surface area contributed by atoms with Crippen LogP contribution < -0.4 is 28.4 Å². The molecule has 0 N–H and O–H groups in total. The van der Waals surface area contributed by atoms with Crippen LogP contribution in [0.3, 0.4) is 0 Å². The second kappa shape index (κ2) is 14.6. The highest BCUT2D eigenvalue weighted by Crippen LogP contribution is 2.37. The Hall–Kier alpha value is -2.49. The van der Waals surface area contributed by atoms with Crippen molar-refractivity contribution in [3.05, 3.63) is 126 Å². The molecule has 0 aliphatic heterocycles. The Morgan fingerprint density at radius 2 is 0.621 bits per heavy atom. The lowest BCUT2D eigenvalue weighted by atomic mass is 9.90. The number of hydrogen-bond donors (Lipinski definition) is 0.